The molecule has 0 aromatic carbocycles. The van der Waals surface area contributed by atoms with E-state index in [-0.39, 0.29) is 0 Å². The monoisotopic (exact) mass is 242 g/mol. The fourth-order valence-electron chi connectivity index (χ4n) is 1.73. The van der Waals surface area contributed by atoms with Crippen LogP contribution in [0.2, 0.25) is 0 Å². The van der Waals surface area contributed by atoms with Crippen molar-refractivity contribution in [2.45, 2.75) is 19.5 Å². The Labute approximate surface area is 97.8 Å². The second kappa shape index (κ2) is 4.88. The van der Waals surface area contributed by atoms with Gasteiger partial charge >= 0.3 is 5.97 Å². The second-order valence-electron chi connectivity index (χ2n) is 3.75. The summed E-state index contributed by atoms with van der Waals surface area (Å²) < 4.78 is 5.11. The van der Waals surface area contributed by atoms with Crippen LogP contribution < -0.4 is 0 Å². The molecule has 6 heteroatoms. The first-order valence-corrected chi connectivity index (χ1v) is 6.27. The molecule has 1 aromatic heterocycles. The summed E-state index contributed by atoms with van der Waals surface area (Å²) in [5, 5.41) is 9.11. The van der Waals surface area contributed by atoms with Crippen LogP contribution in [-0.4, -0.2) is 45.1 Å². The van der Waals surface area contributed by atoms with Crippen LogP contribution in [0.5, 0.6) is 0 Å². The van der Waals surface area contributed by atoms with E-state index in [9.17, 15) is 4.79 Å². The van der Waals surface area contributed by atoms with Gasteiger partial charge in [-0.2, -0.15) is 11.8 Å². The molecular formula is C10H14N2O3S. The topological polar surface area (TPSA) is 66.6 Å². The third-order valence-electron chi connectivity index (χ3n) is 2.72. The van der Waals surface area contributed by atoms with Crippen molar-refractivity contribution >= 4 is 17.7 Å². The summed E-state index contributed by atoms with van der Waals surface area (Å²) in [7, 11) is 0. The van der Waals surface area contributed by atoms with Crippen molar-refractivity contribution in [3.63, 3.8) is 0 Å². The summed E-state index contributed by atoms with van der Waals surface area (Å²) in [5.74, 6) is 1.63. The third-order valence-corrected chi connectivity index (χ3v) is 3.74. The van der Waals surface area contributed by atoms with Gasteiger partial charge in [0.25, 0.3) is 0 Å². The highest BCUT2D eigenvalue weighted by Crippen LogP contribution is 2.19. The highest BCUT2D eigenvalue weighted by atomic mass is 32.2. The number of oxazole rings is 1. The summed E-state index contributed by atoms with van der Waals surface area (Å²) in [6, 6.07) is -0.408. The van der Waals surface area contributed by atoms with Crippen molar-refractivity contribution in [3.05, 3.63) is 17.8 Å². The van der Waals surface area contributed by atoms with Gasteiger partial charge in [-0.25, -0.2) is 4.98 Å². The molecule has 1 saturated heterocycles. The number of hydrogen-bond acceptors (Lipinski definition) is 5. The SMILES string of the molecule is Cc1ocnc1CN1CCSCC1C(=O)O. The summed E-state index contributed by atoms with van der Waals surface area (Å²) in [5.41, 5.74) is 0.832. The maximum absolute atomic E-state index is 11.1. The summed E-state index contributed by atoms with van der Waals surface area (Å²) in [4.78, 5) is 17.1. The Morgan fingerprint density at radius 1 is 1.81 bits per heavy atom. The largest absolute Gasteiger partial charge is 0.480 e. The lowest BCUT2D eigenvalue weighted by molar-refractivity contribution is -0.142. The van der Waals surface area contributed by atoms with Gasteiger partial charge in [-0.1, -0.05) is 0 Å². The smallest absolute Gasteiger partial charge is 0.321 e. The lowest BCUT2D eigenvalue weighted by Gasteiger charge is -2.31. The van der Waals surface area contributed by atoms with Gasteiger partial charge in [0.2, 0.25) is 0 Å². The molecule has 0 saturated carbocycles. The van der Waals surface area contributed by atoms with Crippen molar-refractivity contribution in [2.75, 3.05) is 18.1 Å². The van der Waals surface area contributed by atoms with Gasteiger partial charge < -0.3 is 9.52 Å². The molecule has 1 atom stereocenters. The van der Waals surface area contributed by atoms with Gasteiger partial charge in [0.1, 0.15) is 11.8 Å². The maximum atomic E-state index is 11.1. The van der Waals surface area contributed by atoms with Crippen LogP contribution in [0.15, 0.2) is 10.8 Å². The Morgan fingerprint density at radius 2 is 2.62 bits per heavy atom. The molecule has 2 heterocycles. The van der Waals surface area contributed by atoms with E-state index in [1.807, 2.05) is 11.8 Å². The highest BCUT2D eigenvalue weighted by Gasteiger charge is 2.29. The van der Waals surface area contributed by atoms with E-state index < -0.39 is 12.0 Å². The standard InChI is InChI=1S/C10H14N2O3S/c1-7-8(11-6-15-7)4-12-2-3-16-5-9(12)10(13)14/h6,9H,2-5H2,1H3,(H,13,14). The number of aliphatic carboxylic acids is 1. The van der Waals surface area contributed by atoms with Crippen LogP contribution in [-0.2, 0) is 11.3 Å². The first-order chi connectivity index (χ1) is 7.68. The Kier molecular flexibility index (Phi) is 3.50. The van der Waals surface area contributed by atoms with E-state index >= 15 is 0 Å². The van der Waals surface area contributed by atoms with Crippen LogP contribution in [0.1, 0.15) is 11.5 Å². The fourth-order valence-corrected chi connectivity index (χ4v) is 2.83. The molecule has 0 amide bonds. The predicted octanol–water partition coefficient (Wildman–Crippen LogP) is 0.985. The van der Waals surface area contributed by atoms with E-state index in [1.165, 1.54) is 6.39 Å². The number of carboxylic acid groups (broad SMARTS) is 1. The Hall–Kier alpha value is -1.01. The van der Waals surface area contributed by atoms with Gasteiger partial charge in [0.15, 0.2) is 6.39 Å². The minimum Gasteiger partial charge on any atom is -0.480 e. The van der Waals surface area contributed by atoms with Gasteiger partial charge in [0.05, 0.1) is 5.69 Å². The van der Waals surface area contributed by atoms with E-state index in [0.717, 1.165) is 23.8 Å². The molecule has 1 fully saturated rings. The van der Waals surface area contributed by atoms with Crippen LogP contribution in [0.3, 0.4) is 0 Å². The first kappa shape index (κ1) is 11.5. The van der Waals surface area contributed by atoms with Crippen LogP contribution >= 0.6 is 11.8 Å². The number of rotatable bonds is 3. The number of carbonyl (C=O) groups is 1. The van der Waals surface area contributed by atoms with E-state index in [1.54, 1.807) is 11.8 Å². The third kappa shape index (κ3) is 2.38. The van der Waals surface area contributed by atoms with E-state index in [2.05, 4.69) is 4.98 Å². The molecule has 1 N–H and O–H groups in total. The molecule has 0 radical (unpaired) electrons. The zero-order valence-corrected chi connectivity index (χ0v) is 9.87. The minimum atomic E-state index is -0.756. The fraction of sp³-hybridized carbons (Fsp3) is 0.600. The molecular weight excluding hydrogens is 228 g/mol. The summed E-state index contributed by atoms with van der Waals surface area (Å²) in [6.07, 6.45) is 1.40. The zero-order chi connectivity index (χ0) is 11.5. The average Bonchev–Trinajstić information content (AvgIpc) is 2.65. The van der Waals surface area contributed by atoms with Crippen molar-refractivity contribution < 1.29 is 14.3 Å². The molecule has 2 rings (SSSR count). The number of thioether (sulfide) groups is 1. The molecule has 0 spiro atoms. The first-order valence-electron chi connectivity index (χ1n) is 5.12. The van der Waals surface area contributed by atoms with Gasteiger partial charge in [-0.3, -0.25) is 9.69 Å². The molecule has 1 aromatic rings. The number of aromatic nitrogens is 1. The predicted molar refractivity (Wildman–Crippen MR) is 60.4 cm³/mol. The van der Waals surface area contributed by atoms with E-state index in [4.69, 9.17) is 9.52 Å². The Bertz CT molecular complexity index is 380. The molecule has 5 nitrogen and oxygen atoms in total. The number of aryl methyl sites for hydroxylation is 1. The number of carboxylic acids is 1. The molecule has 1 aliphatic heterocycles. The van der Waals surface area contributed by atoms with Crippen LogP contribution in [0, 0.1) is 6.92 Å². The molecule has 0 bridgehead atoms. The lowest BCUT2D eigenvalue weighted by Crippen LogP contribution is -2.46. The molecule has 88 valence electrons. The molecule has 1 aliphatic rings. The summed E-state index contributed by atoms with van der Waals surface area (Å²) in [6.45, 7) is 3.19. The molecule has 1 unspecified atom stereocenters. The highest BCUT2D eigenvalue weighted by molar-refractivity contribution is 7.99. The quantitative estimate of drug-likeness (QED) is 0.852. The van der Waals surface area contributed by atoms with Crippen molar-refractivity contribution in [1.82, 2.24) is 9.88 Å². The second-order valence-corrected chi connectivity index (χ2v) is 4.90. The summed E-state index contributed by atoms with van der Waals surface area (Å²) >= 11 is 1.69. The van der Waals surface area contributed by atoms with Crippen LogP contribution in [0.4, 0.5) is 0 Å². The minimum absolute atomic E-state index is 0.408. The molecule has 0 aliphatic carbocycles. The van der Waals surface area contributed by atoms with Crippen molar-refractivity contribution in [3.8, 4) is 0 Å². The van der Waals surface area contributed by atoms with Crippen molar-refractivity contribution in [1.29, 1.82) is 0 Å². The van der Waals surface area contributed by atoms with Crippen molar-refractivity contribution in [2.24, 2.45) is 0 Å². The van der Waals surface area contributed by atoms with Gasteiger partial charge in [-0.15, -0.1) is 0 Å². The molecule has 16 heavy (non-hydrogen) atoms. The number of nitrogens with zero attached hydrogens (tertiary/aromatic N) is 2. The Balaban J connectivity index is 2.07. The normalized spacial score (nSPS) is 22.2. The average molecular weight is 242 g/mol. The van der Waals surface area contributed by atoms with Gasteiger partial charge in [-0.05, 0) is 6.92 Å². The van der Waals surface area contributed by atoms with E-state index in [0.29, 0.717) is 12.3 Å². The lowest BCUT2D eigenvalue weighted by atomic mass is 10.2. The van der Waals surface area contributed by atoms with Gasteiger partial charge in [0, 0.05) is 24.6 Å². The maximum Gasteiger partial charge on any atom is 0.321 e. The Morgan fingerprint density at radius 3 is 3.25 bits per heavy atom. The zero-order valence-electron chi connectivity index (χ0n) is 9.05. The number of hydrogen-bond donors (Lipinski definition) is 1. The van der Waals surface area contributed by atoms with Crippen LogP contribution in [0.25, 0.3) is 0 Å².